The lowest BCUT2D eigenvalue weighted by atomic mass is 10.2. The summed E-state index contributed by atoms with van der Waals surface area (Å²) in [7, 11) is 0. The predicted octanol–water partition coefficient (Wildman–Crippen LogP) is 3.52. The number of aliphatic imine (C=N–C) groups is 1. The van der Waals surface area contributed by atoms with Gasteiger partial charge in [-0.15, -0.1) is 24.8 Å². The Labute approximate surface area is 132 Å². The quantitative estimate of drug-likeness (QED) is 0.477. The van der Waals surface area contributed by atoms with Gasteiger partial charge in [-0.3, -0.25) is 0 Å². The van der Waals surface area contributed by atoms with Crippen LogP contribution in [0, 0.1) is 6.92 Å². The highest BCUT2D eigenvalue weighted by Crippen LogP contribution is 2.21. The topological polar surface area (TPSA) is 80.5 Å². The number of carbonyl (C=O) groups is 1. The molecule has 1 aromatic heterocycles. The monoisotopic (exact) mass is 323 g/mol. The Morgan fingerprint density at radius 1 is 1.40 bits per heavy atom. The molecule has 0 bridgehead atoms. The molecule has 0 fully saturated rings. The molecule has 5 nitrogen and oxygen atoms in total. The molecule has 0 aliphatic carbocycles. The molecule has 0 saturated heterocycles. The third-order valence-corrected chi connectivity index (χ3v) is 2.46. The van der Waals surface area contributed by atoms with Crippen molar-refractivity contribution >= 4 is 42.3 Å². The Hall–Kier alpha value is -1.20. The minimum Gasteiger partial charge on any atom is -0.461 e. The van der Waals surface area contributed by atoms with Crippen LogP contribution in [-0.4, -0.2) is 23.4 Å². The summed E-state index contributed by atoms with van der Waals surface area (Å²) in [5.41, 5.74) is 7.61. The third-order valence-electron chi connectivity index (χ3n) is 2.46. The van der Waals surface area contributed by atoms with Crippen LogP contribution in [0.15, 0.2) is 11.1 Å². The molecule has 116 valence electrons. The maximum absolute atomic E-state index is 11.7. The van der Waals surface area contributed by atoms with Gasteiger partial charge in [0.2, 0.25) is 0 Å². The average molecular weight is 324 g/mol. The van der Waals surface area contributed by atoms with E-state index in [0.717, 1.165) is 25.0 Å². The highest BCUT2D eigenvalue weighted by Gasteiger charge is 2.15. The van der Waals surface area contributed by atoms with Gasteiger partial charge < -0.3 is 15.5 Å². The number of carbonyl (C=O) groups excluding carboxylic acids is 1. The first kappa shape index (κ1) is 21.1. The van der Waals surface area contributed by atoms with Gasteiger partial charge in [0, 0.05) is 12.1 Å². The zero-order chi connectivity index (χ0) is 13.5. The molecular formula is C13H23Cl2N3O2. The summed E-state index contributed by atoms with van der Waals surface area (Å²) in [6.07, 6.45) is 2.80. The lowest BCUT2D eigenvalue weighted by Crippen LogP contribution is -2.11. The van der Waals surface area contributed by atoms with E-state index < -0.39 is 5.97 Å². The molecule has 0 spiro atoms. The first-order valence-electron chi connectivity index (χ1n) is 6.28. The van der Waals surface area contributed by atoms with Crippen LogP contribution >= 0.6 is 24.8 Å². The summed E-state index contributed by atoms with van der Waals surface area (Å²) in [5.74, 6) is 0.147. The van der Waals surface area contributed by atoms with Gasteiger partial charge in [-0.2, -0.15) is 0 Å². The number of nitrogens with two attached hydrogens (primary N) is 1. The van der Waals surface area contributed by atoms with Crippen LogP contribution in [0.3, 0.4) is 0 Å². The number of rotatable bonds is 6. The van der Waals surface area contributed by atoms with Crippen molar-refractivity contribution in [3.63, 3.8) is 0 Å². The molecule has 0 radical (unpaired) electrons. The molecule has 0 amide bonds. The van der Waals surface area contributed by atoms with E-state index in [0.29, 0.717) is 23.8 Å². The van der Waals surface area contributed by atoms with E-state index in [-0.39, 0.29) is 24.8 Å². The van der Waals surface area contributed by atoms with Crippen molar-refractivity contribution in [1.82, 2.24) is 4.98 Å². The second-order valence-electron chi connectivity index (χ2n) is 4.14. The summed E-state index contributed by atoms with van der Waals surface area (Å²) in [5, 5.41) is 0. The molecule has 0 aliphatic heterocycles. The molecule has 0 unspecified atom stereocenters. The highest BCUT2D eigenvalue weighted by molar-refractivity contribution is 5.95. The van der Waals surface area contributed by atoms with E-state index in [1.54, 1.807) is 13.0 Å². The third kappa shape index (κ3) is 6.30. The van der Waals surface area contributed by atoms with Crippen molar-refractivity contribution in [3.8, 4) is 0 Å². The first-order valence-corrected chi connectivity index (χ1v) is 6.28. The van der Waals surface area contributed by atoms with Gasteiger partial charge in [-0.05, 0) is 26.3 Å². The molecule has 7 heteroatoms. The summed E-state index contributed by atoms with van der Waals surface area (Å²) >= 11 is 0. The number of amidine groups is 1. The predicted molar refractivity (Wildman–Crippen MR) is 86.8 cm³/mol. The van der Waals surface area contributed by atoms with Gasteiger partial charge in [0.05, 0.1) is 18.1 Å². The van der Waals surface area contributed by atoms with Crippen LogP contribution in [0.1, 0.15) is 49.3 Å². The number of hydrogen-bond acceptors (Lipinski definition) is 3. The van der Waals surface area contributed by atoms with Crippen molar-refractivity contribution in [3.05, 3.63) is 17.5 Å². The Morgan fingerprint density at radius 3 is 2.60 bits per heavy atom. The van der Waals surface area contributed by atoms with Crippen molar-refractivity contribution in [2.45, 2.75) is 40.0 Å². The standard InChI is InChI=1S/C13H21N3O2.2ClH/c1-4-6-7-11(14)16-10-8-9(3)15-12(10)13(17)18-5-2;;/h8,15H,4-7H2,1-3H3,(H2,14,16);2*1H. The summed E-state index contributed by atoms with van der Waals surface area (Å²) < 4.78 is 4.96. The van der Waals surface area contributed by atoms with E-state index in [1.165, 1.54) is 0 Å². The fourth-order valence-corrected chi connectivity index (χ4v) is 1.59. The Balaban J connectivity index is 0. The highest BCUT2D eigenvalue weighted by atomic mass is 35.5. The van der Waals surface area contributed by atoms with Gasteiger partial charge in [0.1, 0.15) is 0 Å². The van der Waals surface area contributed by atoms with Crippen LogP contribution in [0.2, 0.25) is 0 Å². The smallest absolute Gasteiger partial charge is 0.357 e. The second kappa shape index (κ2) is 10.6. The zero-order valence-electron chi connectivity index (χ0n) is 12.1. The minimum absolute atomic E-state index is 0. The van der Waals surface area contributed by atoms with Crippen molar-refractivity contribution in [1.29, 1.82) is 0 Å². The van der Waals surface area contributed by atoms with E-state index in [1.807, 2.05) is 6.92 Å². The molecule has 20 heavy (non-hydrogen) atoms. The van der Waals surface area contributed by atoms with Gasteiger partial charge in [-0.1, -0.05) is 13.3 Å². The number of nitrogens with zero attached hydrogens (tertiary/aromatic N) is 1. The van der Waals surface area contributed by atoms with Crippen LogP contribution in [0.5, 0.6) is 0 Å². The van der Waals surface area contributed by atoms with E-state index in [9.17, 15) is 4.79 Å². The fourth-order valence-electron chi connectivity index (χ4n) is 1.59. The Bertz CT molecular complexity index is 445. The number of H-pyrrole nitrogens is 1. The number of nitrogens with one attached hydrogen (secondary N) is 1. The maximum Gasteiger partial charge on any atom is 0.357 e. The van der Waals surface area contributed by atoms with Gasteiger partial charge in [0.15, 0.2) is 5.69 Å². The Morgan fingerprint density at radius 2 is 2.05 bits per heavy atom. The van der Waals surface area contributed by atoms with E-state index >= 15 is 0 Å². The summed E-state index contributed by atoms with van der Waals surface area (Å²) in [6, 6.07) is 1.80. The van der Waals surface area contributed by atoms with Gasteiger partial charge >= 0.3 is 5.97 Å². The number of hydrogen-bond donors (Lipinski definition) is 2. The number of aryl methyl sites for hydroxylation is 1. The van der Waals surface area contributed by atoms with Gasteiger partial charge in [-0.25, -0.2) is 9.79 Å². The summed E-state index contributed by atoms with van der Waals surface area (Å²) in [4.78, 5) is 18.9. The normalized spacial score (nSPS) is 10.4. The number of aromatic nitrogens is 1. The van der Waals surface area contributed by atoms with E-state index in [2.05, 4.69) is 16.9 Å². The second-order valence-corrected chi connectivity index (χ2v) is 4.14. The van der Waals surface area contributed by atoms with Crippen LogP contribution in [0.4, 0.5) is 5.69 Å². The average Bonchev–Trinajstić information content (AvgIpc) is 2.68. The van der Waals surface area contributed by atoms with Crippen molar-refractivity contribution in [2.24, 2.45) is 10.7 Å². The largest absolute Gasteiger partial charge is 0.461 e. The van der Waals surface area contributed by atoms with Gasteiger partial charge in [0.25, 0.3) is 0 Å². The summed E-state index contributed by atoms with van der Waals surface area (Å²) in [6.45, 7) is 6.07. The van der Waals surface area contributed by atoms with E-state index in [4.69, 9.17) is 10.5 Å². The lowest BCUT2D eigenvalue weighted by molar-refractivity contribution is 0.0521. The number of unbranched alkanes of at least 4 members (excludes halogenated alkanes) is 1. The lowest BCUT2D eigenvalue weighted by Gasteiger charge is -2.02. The number of ether oxygens (including phenoxy) is 1. The SMILES string of the molecule is CCCCC(N)=Nc1cc(C)[nH]c1C(=O)OCC.Cl.Cl. The zero-order valence-corrected chi connectivity index (χ0v) is 13.7. The maximum atomic E-state index is 11.7. The molecule has 1 rings (SSSR count). The fraction of sp³-hybridized carbons (Fsp3) is 0.538. The first-order chi connectivity index (χ1) is 8.58. The molecular weight excluding hydrogens is 301 g/mol. The number of esters is 1. The molecule has 0 aromatic carbocycles. The minimum atomic E-state index is -0.396. The molecule has 1 aromatic rings. The van der Waals surface area contributed by atoms with Crippen molar-refractivity contribution in [2.75, 3.05) is 6.61 Å². The molecule has 0 saturated carbocycles. The number of halogens is 2. The van der Waals surface area contributed by atoms with Crippen LogP contribution in [0.25, 0.3) is 0 Å². The van der Waals surface area contributed by atoms with Crippen molar-refractivity contribution < 1.29 is 9.53 Å². The van der Waals surface area contributed by atoms with Crippen LogP contribution < -0.4 is 5.73 Å². The Kier molecular flexibility index (Phi) is 11.2. The molecule has 3 N–H and O–H groups in total. The molecule has 1 heterocycles. The molecule has 0 atom stereocenters. The number of aromatic amines is 1. The molecule has 0 aliphatic rings. The van der Waals surface area contributed by atoms with Crippen LogP contribution in [-0.2, 0) is 4.74 Å².